The predicted molar refractivity (Wildman–Crippen MR) is 101 cm³/mol. The number of nitrogens with one attached hydrogen (secondary N) is 1. The summed E-state index contributed by atoms with van der Waals surface area (Å²) >= 11 is 0. The van der Waals surface area contributed by atoms with Gasteiger partial charge in [-0.05, 0) is 36.1 Å². The molecule has 1 amide bonds. The number of phenols is 1. The van der Waals surface area contributed by atoms with Crippen LogP contribution in [0.25, 0.3) is 0 Å². The van der Waals surface area contributed by atoms with Crippen molar-refractivity contribution in [3.63, 3.8) is 0 Å². The van der Waals surface area contributed by atoms with Crippen molar-refractivity contribution in [1.29, 1.82) is 0 Å². The third-order valence-electron chi connectivity index (χ3n) is 4.07. The number of nitro groups is 1. The van der Waals surface area contributed by atoms with Crippen LogP contribution in [0.3, 0.4) is 0 Å². The maximum Gasteiger partial charge on any atom is 0.311 e. The number of carbonyl (C=O) groups is 1. The molecule has 0 aliphatic heterocycles. The minimum absolute atomic E-state index is 0.117. The van der Waals surface area contributed by atoms with Gasteiger partial charge in [0, 0.05) is 11.6 Å². The van der Waals surface area contributed by atoms with E-state index in [-0.39, 0.29) is 12.2 Å². The highest BCUT2D eigenvalue weighted by Crippen LogP contribution is 2.27. The van der Waals surface area contributed by atoms with Crippen LogP contribution in [0.5, 0.6) is 11.5 Å². The molecule has 0 fully saturated rings. The number of hydrogen-bond acceptors (Lipinski definition) is 6. The number of nitro benzene ring substituents is 1. The largest absolute Gasteiger partial charge is 0.502 e. The summed E-state index contributed by atoms with van der Waals surface area (Å²) in [7, 11) is 0. The average molecular weight is 371 g/mol. The summed E-state index contributed by atoms with van der Waals surface area (Å²) in [6.45, 7) is 4.02. The van der Waals surface area contributed by atoms with Crippen molar-refractivity contribution in [2.45, 2.75) is 26.2 Å². The molecule has 0 aliphatic carbocycles. The lowest BCUT2D eigenvalue weighted by Gasteiger charge is -2.10. The molecule has 0 heterocycles. The van der Waals surface area contributed by atoms with Crippen LogP contribution in [0.2, 0.25) is 0 Å². The van der Waals surface area contributed by atoms with Crippen LogP contribution in [0.15, 0.2) is 47.6 Å². The first kappa shape index (κ1) is 19.9. The Bertz CT molecular complexity index is 834. The van der Waals surface area contributed by atoms with Crippen molar-refractivity contribution in [1.82, 2.24) is 5.43 Å². The normalized spacial score (nSPS) is 11.9. The maximum absolute atomic E-state index is 11.8. The van der Waals surface area contributed by atoms with Crippen molar-refractivity contribution in [2.75, 3.05) is 6.61 Å². The lowest BCUT2D eigenvalue weighted by atomic mass is 9.99. The molecular weight excluding hydrogens is 350 g/mol. The number of nitrogens with zero attached hydrogens (tertiary/aromatic N) is 2. The number of hydrazone groups is 1. The van der Waals surface area contributed by atoms with Gasteiger partial charge in [0.2, 0.25) is 5.75 Å². The fraction of sp³-hybridized carbons (Fsp3) is 0.263. The van der Waals surface area contributed by atoms with Gasteiger partial charge in [-0.2, -0.15) is 5.10 Å². The van der Waals surface area contributed by atoms with Crippen LogP contribution in [-0.4, -0.2) is 28.8 Å². The summed E-state index contributed by atoms with van der Waals surface area (Å²) in [6.07, 6.45) is 2.17. The summed E-state index contributed by atoms with van der Waals surface area (Å²) in [5, 5.41) is 24.2. The van der Waals surface area contributed by atoms with Crippen LogP contribution in [-0.2, 0) is 4.79 Å². The highest BCUT2D eigenvalue weighted by atomic mass is 16.6. The minimum atomic E-state index is -0.703. The topological polar surface area (TPSA) is 114 Å². The Morgan fingerprint density at radius 1 is 1.33 bits per heavy atom. The van der Waals surface area contributed by atoms with Crippen LogP contribution in [0, 0.1) is 10.1 Å². The molecule has 0 bridgehead atoms. The predicted octanol–water partition coefficient (Wildman–Crippen LogP) is 3.34. The number of aromatic hydroxyl groups is 1. The number of hydrogen-bond donors (Lipinski definition) is 2. The molecule has 0 unspecified atom stereocenters. The lowest BCUT2D eigenvalue weighted by molar-refractivity contribution is -0.385. The first-order valence-corrected chi connectivity index (χ1v) is 8.43. The van der Waals surface area contributed by atoms with E-state index in [9.17, 15) is 20.0 Å². The van der Waals surface area contributed by atoms with E-state index in [0.717, 1.165) is 12.6 Å². The number of rotatable bonds is 8. The van der Waals surface area contributed by atoms with Gasteiger partial charge in [-0.15, -0.1) is 0 Å². The van der Waals surface area contributed by atoms with Gasteiger partial charge in [-0.1, -0.05) is 32.0 Å². The van der Waals surface area contributed by atoms with Crippen LogP contribution in [0.4, 0.5) is 5.69 Å². The molecule has 0 aliphatic rings. The van der Waals surface area contributed by atoms with E-state index in [1.54, 1.807) is 12.1 Å². The van der Waals surface area contributed by atoms with Crippen LogP contribution < -0.4 is 10.2 Å². The summed E-state index contributed by atoms with van der Waals surface area (Å²) in [5.74, 6) is 0.0137. The van der Waals surface area contributed by atoms with Crippen LogP contribution >= 0.6 is 0 Å². The van der Waals surface area contributed by atoms with Crippen molar-refractivity contribution < 1.29 is 19.6 Å². The summed E-state index contributed by atoms with van der Waals surface area (Å²) < 4.78 is 5.39. The zero-order chi connectivity index (χ0) is 19.8. The molecule has 142 valence electrons. The highest BCUT2D eigenvalue weighted by molar-refractivity contribution is 5.87. The Morgan fingerprint density at radius 3 is 2.67 bits per heavy atom. The van der Waals surface area contributed by atoms with Gasteiger partial charge >= 0.3 is 5.69 Å². The van der Waals surface area contributed by atoms with Gasteiger partial charge in [0.1, 0.15) is 5.75 Å². The molecule has 27 heavy (non-hydrogen) atoms. The zero-order valence-corrected chi connectivity index (χ0v) is 15.1. The second-order valence-electron chi connectivity index (χ2n) is 5.93. The van der Waals surface area contributed by atoms with Crippen LogP contribution in [0.1, 0.15) is 37.3 Å². The third-order valence-corrected chi connectivity index (χ3v) is 4.07. The van der Waals surface area contributed by atoms with Gasteiger partial charge in [0.25, 0.3) is 5.91 Å². The van der Waals surface area contributed by atoms with E-state index in [1.165, 1.54) is 23.8 Å². The molecule has 2 N–H and O–H groups in total. The molecule has 0 saturated heterocycles. The van der Waals surface area contributed by atoms with Gasteiger partial charge in [-0.25, -0.2) is 5.43 Å². The molecule has 2 aromatic carbocycles. The molecule has 1 atom stereocenters. The highest BCUT2D eigenvalue weighted by Gasteiger charge is 2.15. The van der Waals surface area contributed by atoms with E-state index in [2.05, 4.69) is 24.4 Å². The van der Waals surface area contributed by atoms with E-state index < -0.39 is 22.3 Å². The van der Waals surface area contributed by atoms with E-state index in [0.29, 0.717) is 11.7 Å². The van der Waals surface area contributed by atoms with Crippen molar-refractivity contribution >= 4 is 17.8 Å². The van der Waals surface area contributed by atoms with Gasteiger partial charge < -0.3 is 9.84 Å². The summed E-state index contributed by atoms with van der Waals surface area (Å²) in [4.78, 5) is 21.8. The molecule has 2 rings (SSSR count). The number of ether oxygens (including phenoxy) is 1. The Kier molecular flexibility index (Phi) is 6.87. The van der Waals surface area contributed by atoms with Gasteiger partial charge in [0.05, 0.1) is 11.1 Å². The molecule has 8 nitrogen and oxygen atoms in total. The van der Waals surface area contributed by atoms with Crippen molar-refractivity contribution in [3.05, 3.63) is 63.7 Å². The molecule has 0 saturated carbocycles. The monoisotopic (exact) mass is 371 g/mol. The zero-order valence-electron chi connectivity index (χ0n) is 15.1. The van der Waals surface area contributed by atoms with Gasteiger partial charge in [-0.3, -0.25) is 14.9 Å². The van der Waals surface area contributed by atoms with E-state index >= 15 is 0 Å². The average Bonchev–Trinajstić information content (AvgIpc) is 2.67. The van der Waals surface area contributed by atoms with E-state index in [1.807, 2.05) is 12.1 Å². The Balaban J connectivity index is 1.87. The SMILES string of the molecule is CC[C@H](C)c1ccc(OCC(=O)N/N=C\c2cccc([N+](=O)[O-])c2O)cc1. The second kappa shape index (κ2) is 9.33. The summed E-state index contributed by atoms with van der Waals surface area (Å²) in [5.41, 5.74) is 3.13. The minimum Gasteiger partial charge on any atom is -0.502 e. The Labute approximate surface area is 156 Å². The molecule has 2 aromatic rings. The fourth-order valence-corrected chi connectivity index (χ4v) is 2.28. The molecule has 0 spiro atoms. The smallest absolute Gasteiger partial charge is 0.311 e. The van der Waals surface area contributed by atoms with Gasteiger partial charge in [0.15, 0.2) is 6.61 Å². The Morgan fingerprint density at radius 2 is 2.04 bits per heavy atom. The fourth-order valence-electron chi connectivity index (χ4n) is 2.28. The maximum atomic E-state index is 11.8. The summed E-state index contributed by atoms with van der Waals surface area (Å²) in [6, 6.07) is 11.6. The number of carbonyl (C=O) groups excluding carboxylic acids is 1. The standard InChI is InChI=1S/C19H21N3O5/c1-3-13(2)14-7-9-16(10-8-14)27-12-18(23)21-20-11-15-5-4-6-17(19(15)24)22(25)26/h4-11,13,24H,3,12H2,1-2H3,(H,21,23)/b20-11-/t13-/m0/s1. The molecular formula is C19H21N3O5. The van der Waals surface area contributed by atoms with Crippen molar-refractivity contribution in [2.24, 2.45) is 5.10 Å². The Hall–Kier alpha value is -3.42. The first-order valence-electron chi connectivity index (χ1n) is 8.43. The molecule has 0 radical (unpaired) electrons. The van der Waals surface area contributed by atoms with E-state index in [4.69, 9.17) is 4.74 Å². The van der Waals surface area contributed by atoms with Crippen molar-refractivity contribution in [3.8, 4) is 11.5 Å². The number of para-hydroxylation sites is 1. The number of phenolic OH excluding ortho intramolecular Hbond substituents is 1. The first-order chi connectivity index (χ1) is 12.9. The molecule has 0 aromatic heterocycles. The second-order valence-corrected chi connectivity index (χ2v) is 5.93. The molecule has 8 heteroatoms. The third kappa shape index (κ3) is 5.53. The lowest BCUT2D eigenvalue weighted by Crippen LogP contribution is -2.24. The quantitative estimate of drug-likeness (QED) is 0.420. The number of amides is 1. The number of benzene rings is 2.